The van der Waals surface area contributed by atoms with Crippen LogP contribution in [0.15, 0.2) is 24.3 Å². The molecule has 3 nitrogen and oxygen atoms in total. The zero-order valence-electron chi connectivity index (χ0n) is 6.84. The van der Waals surface area contributed by atoms with Crippen LogP contribution in [-0.4, -0.2) is 10.2 Å². The smallest absolute Gasteiger partial charge is 0.0609 e. The standard InChI is InChI=1S/C9H9ClN2O/c10-7-1-2-9-6(3-7)4-8(12-9)5-11-13/h1-4,11-13H,5H2. The Balaban J connectivity index is 2.49. The van der Waals surface area contributed by atoms with E-state index in [9.17, 15) is 0 Å². The van der Waals surface area contributed by atoms with Crippen molar-refractivity contribution >= 4 is 22.5 Å². The maximum absolute atomic E-state index is 8.50. The summed E-state index contributed by atoms with van der Waals surface area (Å²) in [7, 11) is 0. The number of halogens is 1. The molecule has 3 N–H and O–H groups in total. The zero-order chi connectivity index (χ0) is 9.26. The molecular weight excluding hydrogens is 188 g/mol. The lowest BCUT2D eigenvalue weighted by Crippen LogP contribution is -2.05. The molecule has 0 fully saturated rings. The molecule has 2 aromatic rings. The molecule has 0 aliphatic rings. The summed E-state index contributed by atoms with van der Waals surface area (Å²) in [5.41, 5.74) is 4.05. The van der Waals surface area contributed by atoms with Gasteiger partial charge in [-0.3, -0.25) is 0 Å². The van der Waals surface area contributed by atoms with Crippen molar-refractivity contribution in [3.63, 3.8) is 0 Å². The fraction of sp³-hybridized carbons (Fsp3) is 0.111. The third-order valence-corrected chi connectivity index (χ3v) is 2.14. The number of aromatic amines is 1. The van der Waals surface area contributed by atoms with Gasteiger partial charge in [-0.15, -0.1) is 0 Å². The number of fused-ring (bicyclic) bond motifs is 1. The maximum Gasteiger partial charge on any atom is 0.0609 e. The fourth-order valence-corrected chi connectivity index (χ4v) is 1.52. The van der Waals surface area contributed by atoms with Crippen molar-refractivity contribution in [1.29, 1.82) is 0 Å². The van der Waals surface area contributed by atoms with Gasteiger partial charge in [-0.05, 0) is 24.3 Å². The number of benzene rings is 1. The predicted molar refractivity (Wildman–Crippen MR) is 51.9 cm³/mol. The minimum atomic E-state index is 0.409. The van der Waals surface area contributed by atoms with E-state index in [0.29, 0.717) is 6.54 Å². The lowest BCUT2D eigenvalue weighted by Gasteiger charge is -1.91. The molecule has 0 amide bonds. The van der Waals surface area contributed by atoms with Crippen LogP contribution in [0.4, 0.5) is 0 Å². The first-order valence-electron chi connectivity index (χ1n) is 3.94. The van der Waals surface area contributed by atoms with Gasteiger partial charge >= 0.3 is 0 Å². The molecule has 0 aliphatic carbocycles. The minimum absolute atomic E-state index is 0.409. The summed E-state index contributed by atoms with van der Waals surface area (Å²) in [6, 6.07) is 7.58. The molecule has 2 rings (SSSR count). The van der Waals surface area contributed by atoms with Gasteiger partial charge in [-0.1, -0.05) is 11.6 Å². The van der Waals surface area contributed by atoms with E-state index in [2.05, 4.69) is 10.5 Å². The zero-order valence-corrected chi connectivity index (χ0v) is 7.60. The molecule has 0 bridgehead atoms. The second-order valence-electron chi connectivity index (χ2n) is 2.86. The highest BCUT2D eigenvalue weighted by molar-refractivity contribution is 6.31. The molecule has 13 heavy (non-hydrogen) atoms. The number of nitrogens with one attached hydrogen (secondary N) is 2. The Morgan fingerprint density at radius 2 is 2.23 bits per heavy atom. The number of hydroxylamine groups is 1. The van der Waals surface area contributed by atoms with Gasteiger partial charge in [0.1, 0.15) is 0 Å². The van der Waals surface area contributed by atoms with Crippen molar-refractivity contribution in [2.75, 3.05) is 0 Å². The molecule has 0 aliphatic heterocycles. The highest BCUT2D eigenvalue weighted by Gasteiger charge is 1.99. The maximum atomic E-state index is 8.50. The van der Waals surface area contributed by atoms with Gasteiger partial charge in [0.05, 0.1) is 6.54 Å². The number of rotatable bonds is 2. The van der Waals surface area contributed by atoms with E-state index in [1.807, 2.05) is 24.3 Å². The Morgan fingerprint density at radius 3 is 3.00 bits per heavy atom. The van der Waals surface area contributed by atoms with Crippen LogP contribution in [0.1, 0.15) is 5.69 Å². The van der Waals surface area contributed by atoms with E-state index < -0.39 is 0 Å². The van der Waals surface area contributed by atoms with Crippen LogP contribution in [-0.2, 0) is 6.54 Å². The van der Waals surface area contributed by atoms with Crippen molar-refractivity contribution in [2.45, 2.75) is 6.54 Å². The predicted octanol–water partition coefficient (Wildman–Crippen LogP) is 2.30. The summed E-state index contributed by atoms with van der Waals surface area (Å²) in [5, 5.41) is 10.3. The van der Waals surface area contributed by atoms with Crippen LogP contribution in [0, 0.1) is 0 Å². The number of aromatic nitrogens is 1. The molecule has 0 spiro atoms. The van der Waals surface area contributed by atoms with Crippen molar-refractivity contribution in [2.24, 2.45) is 0 Å². The van der Waals surface area contributed by atoms with Gasteiger partial charge < -0.3 is 10.2 Å². The van der Waals surface area contributed by atoms with E-state index in [4.69, 9.17) is 16.8 Å². The van der Waals surface area contributed by atoms with Crippen LogP contribution in [0.25, 0.3) is 10.9 Å². The van der Waals surface area contributed by atoms with Crippen molar-refractivity contribution in [3.05, 3.63) is 35.0 Å². The second-order valence-corrected chi connectivity index (χ2v) is 3.30. The molecule has 1 heterocycles. The van der Waals surface area contributed by atoms with Gasteiger partial charge in [0.25, 0.3) is 0 Å². The number of H-pyrrole nitrogens is 1. The molecule has 0 atom stereocenters. The molecule has 0 saturated carbocycles. The number of hydrogen-bond donors (Lipinski definition) is 3. The first-order chi connectivity index (χ1) is 6.29. The highest BCUT2D eigenvalue weighted by atomic mass is 35.5. The van der Waals surface area contributed by atoms with Crippen LogP contribution in [0.2, 0.25) is 5.02 Å². The minimum Gasteiger partial charge on any atom is -0.357 e. The summed E-state index contributed by atoms with van der Waals surface area (Å²) in [6.45, 7) is 0.409. The number of hydrogen-bond acceptors (Lipinski definition) is 2. The van der Waals surface area contributed by atoms with E-state index in [0.717, 1.165) is 21.6 Å². The van der Waals surface area contributed by atoms with Crippen LogP contribution in [0.5, 0.6) is 0 Å². The molecule has 0 unspecified atom stereocenters. The van der Waals surface area contributed by atoms with Crippen molar-refractivity contribution in [3.8, 4) is 0 Å². The Bertz CT molecular complexity index is 424. The molecule has 68 valence electrons. The summed E-state index contributed by atoms with van der Waals surface area (Å²) >= 11 is 5.83. The molecule has 0 radical (unpaired) electrons. The highest BCUT2D eigenvalue weighted by Crippen LogP contribution is 2.19. The van der Waals surface area contributed by atoms with Gasteiger partial charge in [-0.2, -0.15) is 5.48 Å². The molecular formula is C9H9ClN2O. The third kappa shape index (κ3) is 1.67. The first-order valence-corrected chi connectivity index (χ1v) is 4.31. The molecule has 0 saturated heterocycles. The van der Waals surface area contributed by atoms with E-state index in [1.165, 1.54) is 0 Å². The van der Waals surface area contributed by atoms with Crippen LogP contribution < -0.4 is 5.48 Å². The fourth-order valence-electron chi connectivity index (χ4n) is 1.34. The Labute approximate surface area is 80.3 Å². The second kappa shape index (κ2) is 3.38. The average Bonchev–Trinajstić information content (AvgIpc) is 2.46. The van der Waals surface area contributed by atoms with Gasteiger partial charge in [0.2, 0.25) is 0 Å². The van der Waals surface area contributed by atoms with Gasteiger partial charge in [0.15, 0.2) is 0 Å². The molecule has 1 aromatic carbocycles. The van der Waals surface area contributed by atoms with Crippen molar-refractivity contribution < 1.29 is 5.21 Å². The van der Waals surface area contributed by atoms with E-state index in [1.54, 1.807) is 0 Å². The Hall–Kier alpha value is -1.03. The molecule has 4 heteroatoms. The monoisotopic (exact) mass is 196 g/mol. The Morgan fingerprint density at radius 1 is 1.38 bits per heavy atom. The Kier molecular flexibility index (Phi) is 2.22. The summed E-state index contributed by atoms with van der Waals surface area (Å²) in [6.07, 6.45) is 0. The largest absolute Gasteiger partial charge is 0.357 e. The average molecular weight is 197 g/mol. The summed E-state index contributed by atoms with van der Waals surface area (Å²) in [4.78, 5) is 3.14. The van der Waals surface area contributed by atoms with E-state index in [-0.39, 0.29) is 0 Å². The topological polar surface area (TPSA) is 48.0 Å². The summed E-state index contributed by atoms with van der Waals surface area (Å²) < 4.78 is 0. The first kappa shape index (κ1) is 8.56. The normalized spacial score (nSPS) is 10.9. The van der Waals surface area contributed by atoms with Crippen LogP contribution >= 0.6 is 11.6 Å². The van der Waals surface area contributed by atoms with Crippen LogP contribution in [0.3, 0.4) is 0 Å². The van der Waals surface area contributed by atoms with E-state index >= 15 is 0 Å². The quantitative estimate of drug-likeness (QED) is 0.646. The van der Waals surface area contributed by atoms with Gasteiger partial charge in [0, 0.05) is 21.6 Å². The molecule has 1 aromatic heterocycles. The lowest BCUT2D eigenvalue weighted by atomic mass is 10.2. The third-order valence-electron chi connectivity index (χ3n) is 1.91. The SMILES string of the molecule is ONCc1cc2cc(Cl)ccc2[nH]1. The van der Waals surface area contributed by atoms with Gasteiger partial charge in [-0.25, -0.2) is 0 Å². The van der Waals surface area contributed by atoms with Crippen molar-refractivity contribution in [1.82, 2.24) is 10.5 Å². The summed E-state index contributed by atoms with van der Waals surface area (Å²) in [5.74, 6) is 0. The lowest BCUT2D eigenvalue weighted by molar-refractivity contribution is 0.160.